The van der Waals surface area contributed by atoms with Crippen molar-refractivity contribution in [1.82, 2.24) is 0 Å². The number of phosphoric acid groups is 2. The highest BCUT2D eigenvalue weighted by molar-refractivity contribution is 7.47. The van der Waals surface area contributed by atoms with Crippen LogP contribution in [0.1, 0.15) is 338 Å². The van der Waals surface area contributed by atoms with Gasteiger partial charge in [0.15, 0.2) is 12.2 Å². The van der Waals surface area contributed by atoms with Crippen molar-refractivity contribution in [3.63, 3.8) is 0 Å². The normalized spacial score (nSPS) is 14.3. The lowest BCUT2D eigenvalue weighted by atomic mass is 10.0. The molecule has 0 radical (unpaired) electrons. The molecule has 522 valence electrons. The molecule has 0 spiro atoms. The summed E-state index contributed by atoms with van der Waals surface area (Å²) in [6.07, 6.45) is 40.7. The van der Waals surface area contributed by atoms with E-state index in [2.05, 4.69) is 55.4 Å². The highest BCUT2D eigenvalue weighted by atomic mass is 31.2. The molecule has 0 aliphatic heterocycles. The summed E-state index contributed by atoms with van der Waals surface area (Å²) in [6, 6.07) is 0. The summed E-state index contributed by atoms with van der Waals surface area (Å²) >= 11 is 0. The van der Waals surface area contributed by atoms with Gasteiger partial charge in [0.1, 0.15) is 19.3 Å². The number of unbranched alkanes of at least 4 members (excludes halogenated alkanes) is 32. The lowest BCUT2D eigenvalue weighted by Crippen LogP contribution is -2.30. The molecule has 0 aliphatic carbocycles. The van der Waals surface area contributed by atoms with Crippen molar-refractivity contribution in [1.29, 1.82) is 0 Å². The molecule has 0 heterocycles. The molecule has 3 N–H and O–H groups in total. The fourth-order valence-corrected chi connectivity index (χ4v) is 11.9. The Bertz CT molecular complexity index is 1750. The first-order valence-electron chi connectivity index (χ1n) is 35.7. The maximum atomic E-state index is 13.0. The number of rotatable bonds is 66. The molecular weight excluding hydrogens is 1160 g/mol. The van der Waals surface area contributed by atoms with E-state index >= 15 is 0 Å². The van der Waals surface area contributed by atoms with Crippen LogP contribution >= 0.6 is 15.6 Å². The third-order valence-electron chi connectivity index (χ3n) is 15.8. The Morgan fingerprint density at radius 3 is 0.705 bits per heavy atom. The predicted molar refractivity (Wildman–Crippen MR) is 354 cm³/mol. The SMILES string of the molecule is CC(C)CCCCCCCCCCCCCCCCCC(=O)O[C@H](COC(=O)CCCCCCCCCCCC(C)C)COP(=O)(O)OC[C@@H](O)COP(=O)(O)OC[C@@H](COC(=O)CCCCCCCCC(C)C)OC(=O)CCCCCCCCC(C)C. The number of hydrogen-bond acceptors (Lipinski definition) is 15. The summed E-state index contributed by atoms with van der Waals surface area (Å²) in [6.45, 7) is 14.0. The van der Waals surface area contributed by atoms with Gasteiger partial charge in [-0.25, -0.2) is 9.13 Å². The molecule has 0 rings (SSSR count). The first kappa shape index (κ1) is 86.1. The summed E-state index contributed by atoms with van der Waals surface area (Å²) in [4.78, 5) is 72.4. The van der Waals surface area contributed by atoms with Gasteiger partial charge in [-0.2, -0.15) is 0 Å². The van der Waals surface area contributed by atoms with Crippen molar-refractivity contribution in [2.24, 2.45) is 23.7 Å². The van der Waals surface area contributed by atoms with Crippen LogP contribution in [0, 0.1) is 23.7 Å². The van der Waals surface area contributed by atoms with Crippen LogP contribution in [0.15, 0.2) is 0 Å². The van der Waals surface area contributed by atoms with Crippen molar-refractivity contribution in [2.45, 2.75) is 356 Å². The first-order valence-corrected chi connectivity index (χ1v) is 38.7. The molecule has 0 bridgehead atoms. The minimum absolute atomic E-state index is 0.101. The second kappa shape index (κ2) is 58.8. The van der Waals surface area contributed by atoms with Crippen LogP contribution in [0.25, 0.3) is 0 Å². The standard InChI is InChI=1S/C69H134O17P2/c1-59(2)45-37-29-21-17-14-12-10-9-11-13-15-19-24-35-43-51-68(73)85-64(55-79-66(71)49-41-33-23-20-16-18-22-30-38-46-60(3)4)57-83-87(75,76)81-53-63(70)54-82-88(77,78)84-58-65(86-69(74)52-44-36-28-26-32-40-48-62(7)8)56-80-67(72)50-42-34-27-25-31-39-47-61(5)6/h59-65,70H,9-58H2,1-8H3,(H,75,76)(H,77,78)/t63-,64-,65-/m1/s1. The first-order chi connectivity index (χ1) is 42.1. The highest BCUT2D eigenvalue weighted by Crippen LogP contribution is 2.45. The zero-order valence-corrected chi connectivity index (χ0v) is 59.1. The van der Waals surface area contributed by atoms with Crippen molar-refractivity contribution in [3.8, 4) is 0 Å². The van der Waals surface area contributed by atoms with E-state index in [1.807, 2.05) is 0 Å². The maximum absolute atomic E-state index is 13.0. The van der Waals surface area contributed by atoms with Gasteiger partial charge in [-0.15, -0.1) is 0 Å². The molecule has 0 aromatic rings. The molecule has 0 aromatic heterocycles. The molecule has 0 saturated carbocycles. The van der Waals surface area contributed by atoms with Gasteiger partial charge in [-0.3, -0.25) is 37.3 Å². The Hall–Kier alpha value is -1.94. The van der Waals surface area contributed by atoms with Gasteiger partial charge in [0, 0.05) is 25.7 Å². The molecule has 0 fully saturated rings. The van der Waals surface area contributed by atoms with Crippen LogP contribution < -0.4 is 0 Å². The predicted octanol–water partition coefficient (Wildman–Crippen LogP) is 19.3. The number of ether oxygens (including phenoxy) is 4. The monoisotopic (exact) mass is 1300 g/mol. The Morgan fingerprint density at radius 2 is 0.477 bits per heavy atom. The van der Waals surface area contributed by atoms with Crippen molar-refractivity contribution in [3.05, 3.63) is 0 Å². The fourth-order valence-electron chi connectivity index (χ4n) is 10.3. The Morgan fingerprint density at radius 1 is 0.284 bits per heavy atom. The van der Waals surface area contributed by atoms with Crippen LogP contribution in [-0.4, -0.2) is 96.7 Å². The van der Waals surface area contributed by atoms with Crippen LogP contribution in [-0.2, 0) is 65.4 Å². The molecule has 19 heteroatoms. The second-order valence-corrected chi connectivity index (χ2v) is 29.7. The van der Waals surface area contributed by atoms with Gasteiger partial charge < -0.3 is 33.8 Å². The number of esters is 4. The molecule has 0 aliphatic rings. The van der Waals surface area contributed by atoms with Crippen molar-refractivity contribution in [2.75, 3.05) is 39.6 Å². The Balaban J connectivity index is 5.21. The summed E-state index contributed by atoms with van der Waals surface area (Å²) in [7, 11) is -9.90. The van der Waals surface area contributed by atoms with Gasteiger partial charge in [0.25, 0.3) is 0 Å². The van der Waals surface area contributed by atoms with Crippen LogP contribution in [0.2, 0.25) is 0 Å². The number of aliphatic hydroxyl groups excluding tert-OH is 1. The van der Waals surface area contributed by atoms with Gasteiger partial charge in [0.2, 0.25) is 0 Å². The van der Waals surface area contributed by atoms with Crippen molar-refractivity contribution < 1.29 is 80.2 Å². The van der Waals surface area contributed by atoms with E-state index in [4.69, 9.17) is 37.0 Å². The molecule has 0 aromatic carbocycles. The molecule has 0 saturated heterocycles. The summed E-state index contributed by atoms with van der Waals surface area (Å²) in [5.41, 5.74) is 0. The average Bonchev–Trinajstić information content (AvgIpc) is 3.65. The molecular formula is C69H134O17P2. The number of carbonyl (C=O) groups excluding carboxylic acids is 4. The van der Waals surface area contributed by atoms with Gasteiger partial charge in [-0.1, -0.05) is 287 Å². The number of aliphatic hydroxyl groups is 1. The third kappa shape index (κ3) is 62.8. The van der Waals surface area contributed by atoms with Gasteiger partial charge >= 0.3 is 39.5 Å². The minimum Gasteiger partial charge on any atom is -0.462 e. The zero-order chi connectivity index (χ0) is 65.4. The Labute approximate surface area is 537 Å². The largest absolute Gasteiger partial charge is 0.472 e. The van der Waals surface area contributed by atoms with E-state index in [-0.39, 0.29) is 25.7 Å². The molecule has 5 atom stereocenters. The van der Waals surface area contributed by atoms with Gasteiger partial charge in [0.05, 0.1) is 26.4 Å². The Kier molecular flexibility index (Phi) is 57.6. The summed E-state index contributed by atoms with van der Waals surface area (Å²) in [5, 5.41) is 10.6. The maximum Gasteiger partial charge on any atom is 0.472 e. The highest BCUT2D eigenvalue weighted by Gasteiger charge is 2.30. The molecule has 0 amide bonds. The van der Waals surface area contributed by atoms with E-state index in [1.54, 1.807) is 0 Å². The fraction of sp³-hybridized carbons (Fsp3) is 0.942. The minimum atomic E-state index is -4.95. The van der Waals surface area contributed by atoms with Crippen LogP contribution in [0.5, 0.6) is 0 Å². The quantitative estimate of drug-likeness (QED) is 0.0222. The molecule has 88 heavy (non-hydrogen) atoms. The average molecular weight is 1300 g/mol. The zero-order valence-electron chi connectivity index (χ0n) is 57.3. The van der Waals surface area contributed by atoms with E-state index in [0.29, 0.717) is 37.5 Å². The number of phosphoric ester groups is 2. The third-order valence-corrected chi connectivity index (χ3v) is 17.7. The van der Waals surface area contributed by atoms with Crippen LogP contribution in [0.4, 0.5) is 0 Å². The lowest BCUT2D eigenvalue weighted by molar-refractivity contribution is -0.161. The topological polar surface area (TPSA) is 237 Å². The number of carbonyl (C=O) groups is 4. The van der Waals surface area contributed by atoms with Crippen molar-refractivity contribution >= 4 is 39.5 Å². The molecule has 2 unspecified atom stereocenters. The van der Waals surface area contributed by atoms with E-state index in [9.17, 15) is 43.2 Å². The van der Waals surface area contributed by atoms with Crippen LogP contribution in [0.3, 0.4) is 0 Å². The van der Waals surface area contributed by atoms with E-state index in [0.717, 1.165) is 108 Å². The van der Waals surface area contributed by atoms with Gasteiger partial charge in [-0.05, 0) is 49.4 Å². The lowest BCUT2D eigenvalue weighted by Gasteiger charge is -2.21. The van der Waals surface area contributed by atoms with E-state index in [1.165, 1.54) is 135 Å². The van der Waals surface area contributed by atoms with E-state index < -0.39 is 97.5 Å². The summed E-state index contributed by atoms with van der Waals surface area (Å²) in [5.74, 6) is 0.758. The smallest absolute Gasteiger partial charge is 0.462 e. The summed E-state index contributed by atoms with van der Waals surface area (Å²) < 4.78 is 68.1. The second-order valence-electron chi connectivity index (χ2n) is 26.8. The number of hydrogen-bond donors (Lipinski definition) is 3. The molecule has 17 nitrogen and oxygen atoms in total.